The molecule has 2 heterocycles. The van der Waals surface area contributed by atoms with Gasteiger partial charge in [-0.15, -0.1) is 0 Å². The minimum Gasteiger partial charge on any atom is -0.337 e. The third kappa shape index (κ3) is 3.78. The minimum atomic E-state index is -0.306. The Morgan fingerprint density at radius 3 is 2.78 bits per heavy atom. The van der Waals surface area contributed by atoms with E-state index in [1.807, 2.05) is 6.07 Å². The van der Waals surface area contributed by atoms with Crippen LogP contribution in [0.3, 0.4) is 0 Å². The molecular formula is C17H13FN4O. The maximum atomic E-state index is 13.1. The predicted molar refractivity (Wildman–Crippen MR) is 82.7 cm³/mol. The van der Waals surface area contributed by atoms with Crippen LogP contribution in [0.5, 0.6) is 0 Å². The molecule has 2 aromatic heterocycles. The molecule has 0 bridgehead atoms. The van der Waals surface area contributed by atoms with Crippen molar-refractivity contribution in [2.75, 3.05) is 7.05 Å². The van der Waals surface area contributed by atoms with Gasteiger partial charge in [0, 0.05) is 17.3 Å². The summed E-state index contributed by atoms with van der Waals surface area (Å²) in [6.07, 6.45) is 1.62. The van der Waals surface area contributed by atoms with Gasteiger partial charge in [-0.1, -0.05) is 23.1 Å². The summed E-state index contributed by atoms with van der Waals surface area (Å²) < 4.78 is 18.2. The average Bonchev–Trinajstić information content (AvgIpc) is 3.03. The summed E-state index contributed by atoms with van der Waals surface area (Å²) in [6, 6.07) is 9.72. The van der Waals surface area contributed by atoms with Gasteiger partial charge in [0.2, 0.25) is 11.7 Å². The van der Waals surface area contributed by atoms with Crippen LogP contribution in [-0.2, 0) is 6.54 Å². The third-order valence-electron chi connectivity index (χ3n) is 2.96. The Bertz CT molecular complexity index is 862. The quantitative estimate of drug-likeness (QED) is 0.753. The number of benzene rings is 1. The largest absolute Gasteiger partial charge is 0.337 e. The second-order valence-corrected chi connectivity index (χ2v) is 4.73. The number of hydrogen-bond donors (Lipinski definition) is 1. The molecule has 0 amide bonds. The van der Waals surface area contributed by atoms with Gasteiger partial charge in [-0.2, -0.15) is 4.98 Å². The van der Waals surface area contributed by atoms with Crippen LogP contribution in [0.1, 0.15) is 17.0 Å². The van der Waals surface area contributed by atoms with Crippen LogP contribution in [0.4, 0.5) is 4.39 Å². The van der Waals surface area contributed by atoms with E-state index in [1.54, 1.807) is 31.4 Å². The molecule has 3 rings (SSSR count). The summed E-state index contributed by atoms with van der Waals surface area (Å²) in [7, 11) is 1.80. The molecule has 0 spiro atoms. The van der Waals surface area contributed by atoms with Crippen molar-refractivity contribution in [3.8, 4) is 23.4 Å². The van der Waals surface area contributed by atoms with E-state index in [0.717, 1.165) is 5.56 Å². The number of aromatic nitrogens is 3. The Balaban J connectivity index is 1.77. The van der Waals surface area contributed by atoms with Crippen LogP contribution in [-0.4, -0.2) is 22.2 Å². The SMILES string of the molecule is CNCc1nc(-c2ccc(C#Cc3cccc(F)c3)cn2)no1. The first-order chi connectivity index (χ1) is 11.2. The Hall–Kier alpha value is -3.04. The number of halogens is 1. The standard InChI is InChI=1S/C17H13FN4O/c1-19-11-16-21-17(22-23-16)15-8-7-13(10-20-15)6-5-12-3-2-4-14(18)9-12/h2-4,7-10,19H,11H2,1H3. The van der Waals surface area contributed by atoms with Crippen molar-refractivity contribution in [1.29, 1.82) is 0 Å². The lowest BCUT2D eigenvalue weighted by Gasteiger charge is -1.94. The summed E-state index contributed by atoms with van der Waals surface area (Å²) >= 11 is 0. The average molecular weight is 308 g/mol. The zero-order valence-electron chi connectivity index (χ0n) is 12.4. The number of nitrogens with zero attached hydrogens (tertiary/aromatic N) is 3. The lowest BCUT2D eigenvalue weighted by molar-refractivity contribution is 0.372. The van der Waals surface area contributed by atoms with Crippen LogP contribution in [0.2, 0.25) is 0 Å². The van der Waals surface area contributed by atoms with Crippen LogP contribution < -0.4 is 5.32 Å². The van der Waals surface area contributed by atoms with Crippen LogP contribution >= 0.6 is 0 Å². The molecule has 0 atom stereocenters. The summed E-state index contributed by atoms with van der Waals surface area (Å²) in [6.45, 7) is 0.504. The first-order valence-electron chi connectivity index (χ1n) is 6.96. The Labute approximate surface area is 132 Å². The number of pyridine rings is 1. The van der Waals surface area contributed by atoms with E-state index < -0.39 is 0 Å². The molecule has 0 unspecified atom stereocenters. The fraction of sp³-hybridized carbons (Fsp3) is 0.118. The van der Waals surface area contributed by atoms with Gasteiger partial charge in [0.15, 0.2) is 0 Å². The minimum absolute atomic E-state index is 0.306. The van der Waals surface area contributed by atoms with Gasteiger partial charge in [0.25, 0.3) is 0 Å². The molecular weight excluding hydrogens is 295 g/mol. The molecule has 0 aliphatic rings. The van der Waals surface area contributed by atoms with Gasteiger partial charge in [0.05, 0.1) is 6.54 Å². The number of hydrogen-bond acceptors (Lipinski definition) is 5. The molecule has 3 aromatic rings. The highest BCUT2D eigenvalue weighted by atomic mass is 19.1. The molecule has 6 heteroatoms. The van der Waals surface area contributed by atoms with Gasteiger partial charge < -0.3 is 9.84 Å². The van der Waals surface area contributed by atoms with Crippen LogP contribution in [0.25, 0.3) is 11.5 Å². The van der Waals surface area contributed by atoms with Crippen molar-refractivity contribution in [1.82, 2.24) is 20.4 Å². The van der Waals surface area contributed by atoms with Gasteiger partial charge in [0.1, 0.15) is 11.5 Å². The molecule has 1 aromatic carbocycles. The highest BCUT2D eigenvalue weighted by molar-refractivity contribution is 5.50. The smallest absolute Gasteiger partial charge is 0.240 e. The fourth-order valence-electron chi connectivity index (χ4n) is 1.89. The lowest BCUT2D eigenvalue weighted by atomic mass is 10.2. The molecule has 0 radical (unpaired) electrons. The molecule has 1 N–H and O–H groups in total. The molecule has 0 fully saturated rings. The topological polar surface area (TPSA) is 63.8 Å². The van der Waals surface area contributed by atoms with E-state index in [1.165, 1.54) is 12.1 Å². The van der Waals surface area contributed by atoms with Gasteiger partial charge in [-0.25, -0.2) is 4.39 Å². The second-order valence-electron chi connectivity index (χ2n) is 4.73. The maximum Gasteiger partial charge on any atom is 0.240 e. The predicted octanol–water partition coefficient (Wildman–Crippen LogP) is 2.39. The zero-order valence-corrected chi connectivity index (χ0v) is 12.4. The van der Waals surface area contributed by atoms with E-state index in [0.29, 0.717) is 29.5 Å². The van der Waals surface area contributed by atoms with Crippen LogP contribution in [0.15, 0.2) is 47.1 Å². The summed E-state index contributed by atoms with van der Waals surface area (Å²) in [5.74, 6) is 6.46. The molecule has 23 heavy (non-hydrogen) atoms. The molecule has 114 valence electrons. The third-order valence-corrected chi connectivity index (χ3v) is 2.96. The molecule has 0 saturated heterocycles. The van der Waals surface area contributed by atoms with E-state index >= 15 is 0 Å². The van der Waals surface area contributed by atoms with Crippen molar-refractivity contribution >= 4 is 0 Å². The van der Waals surface area contributed by atoms with E-state index in [-0.39, 0.29) is 5.82 Å². The van der Waals surface area contributed by atoms with E-state index in [2.05, 4.69) is 32.3 Å². The van der Waals surface area contributed by atoms with Crippen molar-refractivity contribution in [3.05, 3.63) is 65.4 Å². The van der Waals surface area contributed by atoms with Gasteiger partial charge in [-0.3, -0.25) is 4.98 Å². The van der Waals surface area contributed by atoms with E-state index in [9.17, 15) is 4.39 Å². The van der Waals surface area contributed by atoms with Gasteiger partial charge >= 0.3 is 0 Å². The van der Waals surface area contributed by atoms with E-state index in [4.69, 9.17) is 4.52 Å². The highest BCUT2D eigenvalue weighted by Gasteiger charge is 2.08. The Kier molecular flexibility index (Phi) is 4.41. The Morgan fingerprint density at radius 2 is 2.04 bits per heavy atom. The normalized spacial score (nSPS) is 10.2. The number of rotatable bonds is 3. The zero-order chi connectivity index (χ0) is 16.1. The number of nitrogens with one attached hydrogen (secondary N) is 1. The molecule has 5 nitrogen and oxygen atoms in total. The second kappa shape index (κ2) is 6.81. The van der Waals surface area contributed by atoms with Crippen molar-refractivity contribution in [3.63, 3.8) is 0 Å². The first-order valence-corrected chi connectivity index (χ1v) is 6.96. The fourth-order valence-corrected chi connectivity index (χ4v) is 1.89. The first kappa shape index (κ1) is 14.9. The Morgan fingerprint density at radius 1 is 1.17 bits per heavy atom. The lowest BCUT2D eigenvalue weighted by Crippen LogP contribution is -2.04. The molecule has 0 aliphatic heterocycles. The van der Waals surface area contributed by atoms with Crippen molar-refractivity contribution < 1.29 is 8.91 Å². The molecule has 0 aliphatic carbocycles. The van der Waals surface area contributed by atoms with Crippen molar-refractivity contribution in [2.45, 2.75) is 6.54 Å². The highest BCUT2D eigenvalue weighted by Crippen LogP contribution is 2.13. The summed E-state index contributed by atoms with van der Waals surface area (Å²) in [5.41, 5.74) is 1.94. The van der Waals surface area contributed by atoms with Crippen molar-refractivity contribution in [2.24, 2.45) is 0 Å². The molecule has 0 saturated carbocycles. The monoisotopic (exact) mass is 308 g/mol. The van der Waals surface area contributed by atoms with Gasteiger partial charge in [-0.05, 0) is 37.4 Å². The maximum absolute atomic E-state index is 13.1. The van der Waals surface area contributed by atoms with Crippen LogP contribution in [0, 0.1) is 17.7 Å². The summed E-state index contributed by atoms with van der Waals surface area (Å²) in [4.78, 5) is 8.49. The summed E-state index contributed by atoms with van der Waals surface area (Å²) in [5, 5.41) is 6.80.